The van der Waals surface area contributed by atoms with Gasteiger partial charge in [0.25, 0.3) is 0 Å². The van der Waals surface area contributed by atoms with Crippen LogP contribution in [-0.4, -0.2) is 25.0 Å². The third kappa shape index (κ3) is 1.95. The molecule has 1 aliphatic carbocycles. The molecular formula is C12H14OS3. The van der Waals surface area contributed by atoms with Gasteiger partial charge in [-0.3, -0.25) is 4.21 Å². The van der Waals surface area contributed by atoms with E-state index in [-0.39, 0.29) is 0 Å². The van der Waals surface area contributed by atoms with Crippen LogP contribution in [0.5, 0.6) is 0 Å². The van der Waals surface area contributed by atoms with E-state index >= 15 is 0 Å². The SMILES string of the molecule is O=S(c1ccccc1)[C@@H]1CC12SCCCS2. The maximum atomic E-state index is 12.4. The molecular weight excluding hydrogens is 256 g/mol. The van der Waals surface area contributed by atoms with E-state index in [1.54, 1.807) is 0 Å². The second kappa shape index (κ2) is 4.39. The molecule has 1 saturated carbocycles. The van der Waals surface area contributed by atoms with Gasteiger partial charge in [0.2, 0.25) is 0 Å². The number of rotatable bonds is 2. The molecule has 4 heteroatoms. The summed E-state index contributed by atoms with van der Waals surface area (Å²) in [5.41, 5.74) is 0. The lowest BCUT2D eigenvalue weighted by Crippen LogP contribution is -2.15. The fourth-order valence-electron chi connectivity index (χ4n) is 2.05. The van der Waals surface area contributed by atoms with Crippen molar-refractivity contribution in [1.82, 2.24) is 0 Å². The van der Waals surface area contributed by atoms with Crippen molar-refractivity contribution >= 4 is 34.3 Å². The van der Waals surface area contributed by atoms with Gasteiger partial charge in [-0.25, -0.2) is 0 Å². The van der Waals surface area contributed by atoms with Gasteiger partial charge in [-0.1, -0.05) is 18.2 Å². The van der Waals surface area contributed by atoms with Crippen molar-refractivity contribution in [3.05, 3.63) is 30.3 Å². The molecule has 1 saturated heterocycles. The summed E-state index contributed by atoms with van der Waals surface area (Å²) in [6, 6.07) is 9.90. The molecule has 1 heterocycles. The van der Waals surface area contributed by atoms with Gasteiger partial charge >= 0.3 is 0 Å². The van der Waals surface area contributed by atoms with Crippen LogP contribution in [0.15, 0.2) is 35.2 Å². The van der Waals surface area contributed by atoms with Gasteiger partial charge in [0, 0.05) is 4.90 Å². The van der Waals surface area contributed by atoms with Crippen molar-refractivity contribution in [2.75, 3.05) is 11.5 Å². The van der Waals surface area contributed by atoms with Crippen LogP contribution in [0.3, 0.4) is 0 Å². The van der Waals surface area contributed by atoms with E-state index in [4.69, 9.17) is 0 Å². The highest BCUT2D eigenvalue weighted by molar-refractivity contribution is 8.20. The molecule has 1 nitrogen and oxygen atoms in total. The Morgan fingerprint density at radius 1 is 1.19 bits per heavy atom. The van der Waals surface area contributed by atoms with Gasteiger partial charge in [0.1, 0.15) is 0 Å². The van der Waals surface area contributed by atoms with E-state index in [0.717, 1.165) is 11.3 Å². The molecule has 1 unspecified atom stereocenters. The van der Waals surface area contributed by atoms with Gasteiger partial charge in [-0.2, -0.15) is 0 Å². The summed E-state index contributed by atoms with van der Waals surface area (Å²) >= 11 is 4.06. The largest absolute Gasteiger partial charge is 0.254 e. The van der Waals surface area contributed by atoms with Gasteiger partial charge in [-0.05, 0) is 36.5 Å². The Morgan fingerprint density at radius 3 is 2.56 bits per heavy atom. The smallest absolute Gasteiger partial charge is 0.0770 e. The molecule has 0 bridgehead atoms. The molecule has 2 atom stereocenters. The van der Waals surface area contributed by atoms with E-state index in [0.29, 0.717) is 9.33 Å². The minimum Gasteiger partial charge on any atom is -0.254 e. The second-order valence-electron chi connectivity index (χ2n) is 4.17. The molecule has 1 aromatic rings. The molecule has 0 aromatic heterocycles. The van der Waals surface area contributed by atoms with Crippen LogP contribution < -0.4 is 0 Å². The van der Waals surface area contributed by atoms with E-state index < -0.39 is 10.8 Å². The number of hydrogen-bond donors (Lipinski definition) is 0. The van der Waals surface area contributed by atoms with Crippen molar-refractivity contribution in [1.29, 1.82) is 0 Å². The molecule has 0 radical (unpaired) electrons. The monoisotopic (exact) mass is 270 g/mol. The maximum Gasteiger partial charge on any atom is 0.0770 e. The first-order valence-electron chi connectivity index (χ1n) is 5.55. The first-order chi connectivity index (χ1) is 7.82. The van der Waals surface area contributed by atoms with Gasteiger partial charge in [0.15, 0.2) is 0 Å². The van der Waals surface area contributed by atoms with Crippen LogP contribution in [-0.2, 0) is 10.8 Å². The zero-order chi connectivity index (χ0) is 11.0. The first kappa shape index (κ1) is 11.2. The summed E-state index contributed by atoms with van der Waals surface area (Å²) in [5, 5.41) is 0.380. The lowest BCUT2D eigenvalue weighted by molar-refractivity contribution is 0.682. The molecule has 2 fully saturated rings. The molecule has 2 aliphatic rings. The molecule has 86 valence electrons. The highest BCUT2D eigenvalue weighted by Gasteiger charge is 2.59. The van der Waals surface area contributed by atoms with Crippen LogP contribution in [0.1, 0.15) is 12.8 Å². The van der Waals surface area contributed by atoms with E-state index in [1.807, 2.05) is 53.9 Å². The Kier molecular flexibility index (Phi) is 3.07. The fraction of sp³-hybridized carbons (Fsp3) is 0.500. The molecule has 1 aromatic carbocycles. The van der Waals surface area contributed by atoms with Crippen molar-refractivity contribution in [2.24, 2.45) is 0 Å². The third-order valence-electron chi connectivity index (χ3n) is 3.02. The normalized spacial score (nSPS) is 28.9. The molecule has 0 N–H and O–H groups in total. The van der Waals surface area contributed by atoms with Crippen LogP contribution in [0.2, 0.25) is 0 Å². The summed E-state index contributed by atoms with van der Waals surface area (Å²) in [6.45, 7) is 0. The zero-order valence-electron chi connectivity index (χ0n) is 8.93. The van der Waals surface area contributed by atoms with Crippen molar-refractivity contribution < 1.29 is 4.21 Å². The van der Waals surface area contributed by atoms with Crippen LogP contribution >= 0.6 is 23.5 Å². The quantitative estimate of drug-likeness (QED) is 0.822. The van der Waals surface area contributed by atoms with Crippen molar-refractivity contribution in [3.8, 4) is 0 Å². The average molecular weight is 270 g/mol. The predicted molar refractivity (Wildman–Crippen MR) is 73.5 cm³/mol. The summed E-state index contributed by atoms with van der Waals surface area (Å²) in [4.78, 5) is 0.996. The van der Waals surface area contributed by atoms with Gasteiger partial charge in [-0.15, -0.1) is 23.5 Å². The Balaban J connectivity index is 1.74. The highest BCUT2D eigenvalue weighted by Crippen LogP contribution is 2.62. The minimum atomic E-state index is -0.803. The topological polar surface area (TPSA) is 17.1 Å². The Labute approximate surface area is 107 Å². The fourth-order valence-corrected chi connectivity index (χ4v) is 7.91. The van der Waals surface area contributed by atoms with Crippen molar-refractivity contribution in [2.45, 2.75) is 27.1 Å². The second-order valence-corrected chi connectivity index (χ2v) is 8.91. The van der Waals surface area contributed by atoms with Crippen molar-refractivity contribution in [3.63, 3.8) is 0 Å². The number of thioether (sulfide) groups is 2. The molecule has 1 spiro atoms. The molecule has 16 heavy (non-hydrogen) atoms. The van der Waals surface area contributed by atoms with Crippen LogP contribution in [0.25, 0.3) is 0 Å². The zero-order valence-corrected chi connectivity index (χ0v) is 11.4. The predicted octanol–water partition coefficient (Wildman–Crippen LogP) is 3.13. The Morgan fingerprint density at radius 2 is 1.88 bits per heavy atom. The molecule has 3 rings (SSSR count). The summed E-state index contributed by atoms with van der Waals surface area (Å²) in [6.07, 6.45) is 2.44. The first-order valence-corrected chi connectivity index (χ1v) is 8.74. The summed E-state index contributed by atoms with van der Waals surface area (Å²) in [5.74, 6) is 2.49. The van der Waals surface area contributed by atoms with Crippen LogP contribution in [0.4, 0.5) is 0 Å². The van der Waals surface area contributed by atoms with E-state index in [1.165, 1.54) is 17.9 Å². The summed E-state index contributed by atoms with van der Waals surface area (Å²) < 4.78 is 12.7. The number of hydrogen-bond acceptors (Lipinski definition) is 3. The minimum absolute atomic E-state index is 0.305. The standard InChI is InChI=1S/C12H14OS3/c13-16(10-5-2-1-3-6-10)11-9-12(11)14-7-4-8-15-12/h1-3,5-6,11H,4,7-9H2/t11-,16?/m1/s1. The highest BCUT2D eigenvalue weighted by atomic mass is 32.2. The molecule has 0 amide bonds. The third-order valence-corrected chi connectivity index (χ3v) is 8.71. The summed E-state index contributed by atoms with van der Waals surface area (Å²) in [7, 11) is -0.803. The molecule has 1 aliphatic heterocycles. The van der Waals surface area contributed by atoms with Crippen LogP contribution in [0, 0.1) is 0 Å². The lowest BCUT2D eigenvalue weighted by atomic mass is 10.4. The number of benzene rings is 1. The van der Waals surface area contributed by atoms with Gasteiger partial charge in [0.05, 0.1) is 20.1 Å². The Bertz CT molecular complexity index is 398. The maximum absolute atomic E-state index is 12.4. The van der Waals surface area contributed by atoms with E-state index in [9.17, 15) is 4.21 Å². The van der Waals surface area contributed by atoms with Gasteiger partial charge < -0.3 is 0 Å². The lowest BCUT2D eigenvalue weighted by Gasteiger charge is -2.21. The van der Waals surface area contributed by atoms with E-state index in [2.05, 4.69) is 0 Å². The average Bonchev–Trinajstić information content (AvgIpc) is 3.04. The Hall–Kier alpha value is 0.0700.